The van der Waals surface area contributed by atoms with E-state index < -0.39 is 17.7 Å². The normalized spacial score (nSPS) is 13.7. The van der Waals surface area contributed by atoms with E-state index in [9.17, 15) is 14.4 Å². The predicted molar refractivity (Wildman–Crippen MR) is 131 cm³/mol. The number of aromatic carboxylic acids is 1. The van der Waals surface area contributed by atoms with Crippen LogP contribution in [0.5, 0.6) is 0 Å². The number of piperazine rings is 1. The lowest BCUT2D eigenvalue weighted by atomic mass is 10.1. The van der Waals surface area contributed by atoms with E-state index in [-0.39, 0.29) is 11.1 Å². The standard InChI is InChI=1S/C25H20ClN5O4/c26-18-6-7-19-20(13-18)29-23(28-19)17-5-8-21(27-14-17)30-9-11-31(12-10-30)24(33)22(32)15-1-3-16(4-2-15)25(34)35/h1-8,13-14H,9-12H2,(H,28,29)(H,34,35). The van der Waals surface area contributed by atoms with Gasteiger partial charge >= 0.3 is 5.97 Å². The van der Waals surface area contributed by atoms with Crippen LogP contribution in [0.15, 0.2) is 60.8 Å². The number of benzene rings is 2. The molecule has 0 bridgehead atoms. The van der Waals surface area contributed by atoms with E-state index in [0.717, 1.165) is 22.4 Å². The summed E-state index contributed by atoms with van der Waals surface area (Å²) < 4.78 is 0. The Morgan fingerprint density at radius 3 is 2.29 bits per heavy atom. The number of imidazole rings is 1. The largest absolute Gasteiger partial charge is 0.478 e. The van der Waals surface area contributed by atoms with Crippen LogP contribution >= 0.6 is 11.6 Å². The van der Waals surface area contributed by atoms with Crippen molar-refractivity contribution in [1.82, 2.24) is 19.9 Å². The SMILES string of the molecule is O=C(O)c1ccc(C(=O)C(=O)N2CCN(c3ccc(-c4nc5ccc(Cl)cc5[nH]4)cn3)CC2)cc1. The molecule has 2 N–H and O–H groups in total. The lowest BCUT2D eigenvalue weighted by Crippen LogP contribution is -2.50. The first-order valence-electron chi connectivity index (χ1n) is 10.9. The highest BCUT2D eigenvalue weighted by Gasteiger charge is 2.27. The summed E-state index contributed by atoms with van der Waals surface area (Å²) in [6.45, 7) is 1.83. The van der Waals surface area contributed by atoms with Crippen LogP contribution in [-0.4, -0.2) is 68.8 Å². The van der Waals surface area contributed by atoms with Gasteiger partial charge in [0.1, 0.15) is 11.6 Å². The number of H-pyrrole nitrogens is 1. The van der Waals surface area contributed by atoms with Crippen LogP contribution in [0.2, 0.25) is 5.02 Å². The van der Waals surface area contributed by atoms with Gasteiger partial charge in [-0.05, 0) is 54.6 Å². The predicted octanol–water partition coefficient (Wildman–Crippen LogP) is 3.51. The molecule has 5 rings (SSSR count). The highest BCUT2D eigenvalue weighted by molar-refractivity contribution is 6.42. The van der Waals surface area contributed by atoms with E-state index in [1.165, 1.54) is 29.2 Å². The van der Waals surface area contributed by atoms with Gasteiger partial charge in [0, 0.05) is 48.5 Å². The van der Waals surface area contributed by atoms with Crippen molar-refractivity contribution in [2.24, 2.45) is 0 Å². The molecular formula is C25H20ClN5O4. The molecule has 35 heavy (non-hydrogen) atoms. The first-order valence-corrected chi connectivity index (χ1v) is 11.3. The Morgan fingerprint density at radius 1 is 0.914 bits per heavy atom. The van der Waals surface area contributed by atoms with Gasteiger partial charge in [-0.3, -0.25) is 9.59 Å². The molecule has 0 aliphatic carbocycles. The number of aromatic amines is 1. The zero-order chi connectivity index (χ0) is 24.5. The quantitative estimate of drug-likeness (QED) is 0.325. The molecule has 9 nitrogen and oxygen atoms in total. The molecule has 176 valence electrons. The van der Waals surface area contributed by atoms with Gasteiger partial charge in [0.05, 0.1) is 16.6 Å². The van der Waals surface area contributed by atoms with Crippen molar-refractivity contribution >= 4 is 46.1 Å². The number of halogens is 1. The minimum atomic E-state index is -1.09. The molecule has 0 spiro atoms. The summed E-state index contributed by atoms with van der Waals surface area (Å²) in [4.78, 5) is 52.1. The number of fused-ring (bicyclic) bond motifs is 1. The summed E-state index contributed by atoms with van der Waals surface area (Å²) in [6, 6.07) is 14.7. The second kappa shape index (κ2) is 9.19. The molecule has 10 heteroatoms. The molecule has 1 amide bonds. The number of pyridine rings is 1. The number of hydrogen-bond donors (Lipinski definition) is 2. The first kappa shape index (κ1) is 22.5. The number of Topliss-reactive ketones (excluding diaryl/α,β-unsaturated/α-hetero) is 1. The van der Waals surface area contributed by atoms with Gasteiger partial charge in [-0.15, -0.1) is 0 Å². The average Bonchev–Trinajstić information content (AvgIpc) is 3.31. The topological polar surface area (TPSA) is 119 Å². The second-order valence-corrected chi connectivity index (χ2v) is 8.58. The highest BCUT2D eigenvalue weighted by Crippen LogP contribution is 2.24. The van der Waals surface area contributed by atoms with Crippen molar-refractivity contribution in [3.63, 3.8) is 0 Å². The maximum atomic E-state index is 12.7. The van der Waals surface area contributed by atoms with Gasteiger partial charge in [0.2, 0.25) is 5.78 Å². The molecule has 1 saturated heterocycles. The molecule has 1 aliphatic rings. The van der Waals surface area contributed by atoms with Crippen molar-refractivity contribution in [2.75, 3.05) is 31.1 Å². The number of rotatable bonds is 5. The van der Waals surface area contributed by atoms with Crippen LogP contribution in [0.4, 0.5) is 5.82 Å². The molecule has 0 radical (unpaired) electrons. The number of hydrogen-bond acceptors (Lipinski definition) is 6. The summed E-state index contributed by atoms with van der Waals surface area (Å²) in [5.41, 5.74) is 2.75. The average molecular weight is 490 g/mol. The van der Waals surface area contributed by atoms with E-state index in [0.29, 0.717) is 37.0 Å². The number of nitrogens with one attached hydrogen (secondary N) is 1. The number of carbonyl (C=O) groups is 3. The monoisotopic (exact) mass is 489 g/mol. The molecular weight excluding hydrogens is 470 g/mol. The fourth-order valence-corrected chi connectivity index (χ4v) is 4.17. The number of nitrogens with zero attached hydrogens (tertiary/aromatic N) is 4. The smallest absolute Gasteiger partial charge is 0.335 e. The minimum Gasteiger partial charge on any atom is -0.478 e. The Bertz CT molecular complexity index is 1420. The van der Waals surface area contributed by atoms with Gasteiger partial charge in [0.15, 0.2) is 0 Å². The number of carboxylic acid groups (broad SMARTS) is 1. The number of aromatic nitrogens is 3. The van der Waals surface area contributed by atoms with Crippen LogP contribution in [0, 0.1) is 0 Å². The summed E-state index contributed by atoms with van der Waals surface area (Å²) in [7, 11) is 0. The molecule has 1 aliphatic heterocycles. The zero-order valence-electron chi connectivity index (χ0n) is 18.4. The fourth-order valence-electron chi connectivity index (χ4n) is 4.00. The Morgan fingerprint density at radius 2 is 1.63 bits per heavy atom. The van der Waals surface area contributed by atoms with E-state index in [1.807, 2.05) is 24.3 Å². The van der Waals surface area contributed by atoms with Gasteiger partial charge < -0.3 is 19.9 Å². The number of carboxylic acids is 1. The third kappa shape index (κ3) is 4.58. The van der Waals surface area contributed by atoms with Crippen LogP contribution < -0.4 is 4.90 Å². The van der Waals surface area contributed by atoms with E-state index in [1.54, 1.807) is 12.3 Å². The molecule has 2 aromatic carbocycles. The van der Waals surface area contributed by atoms with Gasteiger partial charge in [0.25, 0.3) is 5.91 Å². The van der Waals surface area contributed by atoms with E-state index in [2.05, 4.69) is 19.9 Å². The summed E-state index contributed by atoms with van der Waals surface area (Å²) in [5.74, 6) is -0.858. The van der Waals surface area contributed by atoms with Crippen LogP contribution in [0.1, 0.15) is 20.7 Å². The Hall–Kier alpha value is -4.24. The van der Waals surface area contributed by atoms with Crippen molar-refractivity contribution in [2.45, 2.75) is 0 Å². The number of ketones is 1. The Kier molecular flexibility index (Phi) is 5.92. The molecule has 0 saturated carbocycles. The van der Waals surface area contributed by atoms with Gasteiger partial charge in [-0.25, -0.2) is 14.8 Å². The molecule has 0 atom stereocenters. The van der Waals surface area contributed by atoms with E-state index >= 15 is 0 Å². The van der Waals surface area contributed by atoms with Crippen LogP contribution in [-0.2, 0) is 4.79 Å². The van der Waals surface area contributed by atoms with Crippen molar-refractivity contribution in [1.29, 1.82) is 0 Å². The summed E-state index contributed by atoms with van der Waals surface area (Å²) in [6.07, 6.45) is 1.75. The lowest BCUT2D eigenvalue weighted by Gasteiger charge is -2.35. The molecule has 2 aromatic heterocycles. The summed E-state index contributed by atoms with van der Waals surface area (Å²) in [5, 5.41) is 9.62. The maximum Gasteiger partial charge on any atom is 0.335 e. The molecule has 0 unspecified atom stereocenters. The molecule has 4 aromatic rings. The fraction of sp³-hybridized carbons (Fsp3) is 0.160. The zero-order valence-corrected chi connectivity index (χ0v) is 19.2. The highest BCUT2D eigenvalue weighted by atomic mass is 35.5. The first-order chi connectivity index (χ1) is 16.9. The maximum absolute atomic E-state index is 12.7. The Labute approximate surface area is 205 Å². The molecule has 1 fully saturated rings. The second-order valence-electron chi connectivity index (χ2n) is 8.14. The van der Waals surface area contributed by atoms with E-state index in [4.69, 9.17) is 16.7 Å². The van der Waals surface area contributed by atoms with Crippen LogP contribution in [0.25, 0.3) is 22.4 Å². The minimum absolute atomic E-state index is 0.0610. The van der Waals surface area contributed by atoms with Crippen molar-refractivity contribution < 1.29 is 19.5 Å². The number of anilines is 1. The lowest BCUT2D eigenvalue weighted by molar-refractivity contribution is -0.126. The Balaban J connectivity index is 1.21. The van der Waals surface area contributed by atoms with Gasteiger partial charge in [-0.1, -0.05) is 11.6 Å². The number of amides is 1. The van der Waals surface area contributed by atoms with Gasteiger partial charge in [-0.2, -0.15) is 0 Å². The summed E-state index contributed by atoms with van der Waals surface area (Å²) >= 11 is 6.05. The number of carbonyl (C=O) groups excluding carboxylic acids is 2. The third-order valence-electron chi connectivity index (χ3n) is 5.94. The third-order valence-corrected chi connectivity index (χ3v) is 6.18. The molecule has 3 heterocycles. The van der Waals surface area contributed by atoms with Crippen molar-refractivity contribution in [3.05, 3.63) is 76.9 Å². The van der Waals surface area contributed by atoms with Crippen molar-refractivity contribution in [3.8, 4) is 11.4 Å². The van der Waals surface area contributed by atoms with Crippen LogP contribution in [0.3, 0.4) is 0 Å².